The zero-order valence-corrected chi connectivity index (χ0v) is 13.5. The molecule has 1 aromatic carbocycles. The molecule has 2 rings (SSSR count). The quantitative estimate of drug-likeness (QED) is 0.759. The van der Waals surface area contributed by atoms with E-state index >= 15 is 0 Å². The summed E-state index contributed by atoms with van der Waals surface area (Å²) in [6.45, 7) is 5.79. The van der Waals surface area contributed by atoms with Crippen LogP contribution in [0, 0.1) is 5.92 Å². The zero-order chi connectivity index (χ0) is 15.4. The smallest absolute Gasteiger partial charge is 0.238 e. The number of nitrogens with zero attached hydrogens (tertiary/aromatic N) is 1. The van der Waals surface area contributed by atoms with E-state index in [1.54, 1.807) is 0 Å². The second kappa shape index (κ2) is 7.00. The summed E-state index contributed by atoms with van der Waals surface area (Å²) in [7, 11) is 0. The normalized spacial score (nSPS) is 14.5. The fraction of sp³-hybridized carbons (Fsp3) is 0.500. The molecule has 0 saturated heterocycles. The highest BCUT2D eigenvalue weighted by Gasteiger charge is 2.30. The summed E-state index contributed by atoms with van der Waals surface area (Å²) < 4.78 is 0. The number of anilines is 1. The number of amides is 1. The van der Waals surface area contributed by atoms with Gasteiger partial charge in [0.25, 0.3) is 0 Å². The van der Waals surface area contributed by atoms with Crippen molar-refractivity contribution in [3.63, 3.8) is 0 Å². The SMILES string of the molecule is CC(C)CN(CC(=O)Nc1ccc(C(N)=S)cc1)C1CC1. The van der Waals surface area contributed by atoms with Crippen molar-refractivity contribution in [2.45, 2.75) is 32.7 Å². The molecule has 0 spiro atoms. The molecule has 0 aromatic heterocycles. The van der Waals surface area contributed by atoms with Crippen LogP contribution in [0.3, 0.4) is 0 Å². The second-order valence-corrected chi connectivity index (χ2v) is 6.48. The molecule has 0 radical (unpaired) electrons. The predicted octanol–water partition coefficient (Wildman–Crippen LogP) is 2.38. The summed E-state index contributed by atoms with van der Waals surface area (Å²) in [4.78, 5) is 14.8. The van der Waals surface area contributed by atoms with Crippen LogP contribution in [0.15, 0.2) is 24.3 Å². The Bertz CT molecular complexity index is 509. The topological polar surface area (TPSA) is 58.4 Å². The van der Waals surface area contributed by atoms with Crippen LogP contribution in [0.4, 0.5) is 5.69 Å². The number of hydrogen-bond donors (Lipinski definition) is 2. The van der Waals surface area contributed by atoms with Crippen LogP contribution in [-0.4, -0.2) is 34.9 Å². The summed E-state index contributed by atoms with van der Waals surface area (Å²) >= 11 is 4.91. The number of rotatable bonds is 7. The molecule has 0 bridgehead atoms. The molecule has 1 aromatic rings. The van der Waals surface area contributed by atoms with Crippen LogP contribution in [-0.2, 0) is 4.79 Å². The molecule has 0 atom stereocenters. The van der Waals surface area contributed by atoms with Crippen molar-refractivity contribution in [2.75, 3.05) is 18.4 Å². The summed E-state index contributed by atoms with van der Waals surface area (Å²) in [6.07, 6.45) is 2.42. The lowest BCUT2D eigenvalue weighted by Gasteiger charge is -2.23. The van der Waals surface area contributed by atoms with Crippen molar-refractivity contribution in [2.24, 2.45) is 11.7 Å². The van der Waals surface area contributed by atoms with Gasteiger partial charge in [0.2, 0.25) is 5.91 Å². The lowest BCUT2D eigenvalue weighted by atomic mass is 10.2. The largest absolute Gasteiger partial charge is 0.389 e. The molecule has 1 amide bonds. The molecule has 1 aliphatic rings. The lowest BCUT2D eigenvalue weighted by Crippen LogP contribution is -2.37. The van der Waals surface area contributed by atoms with Gasteiger partial charge >= 0.3 is 0 Å². The number of nitrogens with one attached hydrogen (secondary N) is 1. The fourth-order valence-electron chi connectivity index (χ4n) is 2.35. The van der Waals surface area contributed by atoms with Crippen molar-refractivity contribution in [3.05, 3.63) is 29.8 Å². The Morgan fingerprint density at radius 1 is 1.38 bits per heavy atom. The van der Waals surface area contributed by atoms with Crippen LogP contribution in [0.2, 0.25) is 0 Å². The first-order valence-electron chi connectivity index (χ1n) is 7.39. The Morgan fingerprint density at radius 3 is 2.48 bits per heavy atom. The number of hydrogen-bond acceptors (Lipinski definition) is 3. The summed E-state index contributed by atoms with van der Waals surface area (Å²) in [5.74, 6) is 0.605. The molecule has 3 N–H and O–H groups in total. The Balaban J connectivity index is 1.89. The van der Waals surface area contributed by atoms with Gasteiger partial charge in [0.15, 0.2) is 0 Å². The molecule has 21 heavy (non-hydrogen) atoms. The Hall–Kier alpha value is -1.46. The van der Waals surface area contributed by atoms with E-state index in [0.29, 0.717) is 23.5 Å². The van der Waals surface area contributed by atoms with Crippen molar-refractivity contribution >= 4 is 28.8 Å². The van der Waals surface area contributed by atoms with Gasteiger partial charge in [-0.1, -0.05) is 26.1 Å². The minimum atomic E-state index is 0.0330. The molecule has 4 nitrogen and oxygen atoms in total. The predicted molar refractivity (Wildman–Crippen MR) is 90.4 cm³/mol. The van der Waals surface area contributed by atoms with E-state index in [0.717, 1.165) is 17.8 Å². The van der Waals surface area contributed by atoms with Crippen LogP contribution in [0.5, 0.6) is 0 Å². The Kier molecular flexibility index (Phi) is 5.31. The van der Waals surface area contributed by atoms with E-state index < -0.39 is 0 Å². The molecule has 0 aliphatic heterocycles. The Morgan fingerprint density at radius 2 is 2.00 bits per heavy atom. The van der Waals surface area contributed by atoms with Crippen LogP contribution in [0.1, 0.15) is 32.3 Å². The molecule has 5 heteroatoms. The standard InChI is InChI=1S/C16H23N3OS/c1-11(2)9-19(14-7-8-14)10-15(20)18-13-5-3-12(4-6-13)16(17)21/h3-6,11,14H,7-10H2,1-2H3,(H2,17,21)(H,18,20). The molecular formula is C16H23N3OS. The first-order valence-corrected chi connectivity index (χ1v) is 7.80. The van der Waals surface area contributed by atoms with Crippen molar-refractivity contribution in [1.82, 2.24) is 4.90 Å². The fourth-order valence-corrected chi connectivity index (χ4v) is 2.49. The van der Waals surface area contributed by atoms with E-state index in [1.807, 2.05) is 24.3 Å². The molecule has 0 unspecified atom stereocenters. The third-order valence-corrected chi connectivity index (χ3v) is 3.70. The van der Waals surface area contributed by atoms with Crippen molar-refractivity contribution in [1.29, 1.82) is 0 Å². The first kappa shape index (κ1) is 15.9. The van der Waals surface area contributed by atoms with Gasteiger partial charge in [-0.05, 0) is 43.0 Å². The molecule has 1 saturated carbocycles. The maximum atomic E-state index is 12.2. The van der Waals surface area contributed by atoms with Crippen molar-refractivity contribution < 1.29 is 4.79 Å². The van der Waals surface area contributed by atoms with Crippen LogP contribution < -0.4 is 11.1 Å². The Labute approximate surface area is 131 Å². The van der Waals surface area contributed by atoms with E-state index in [-0.39, 0.29) is 5.91 Å². The minimum absolute atomic E-state index is 0.0330. The summed E-state index contributed by atoms with van der Waals surface area (Å²) in [6, 6.07) is 7.90. The number of benzene rings is 1. The number of carbonyl (C=O) groups excluding carboxylic acids is 1. The molecule has 0 heterocycles. The van der Waals surface area contributed by atoms with Gasteiger partial charge in [-0.15, -0.1) is 0 Å². The van der Waals surface area contributed by atoms with Crippen molar-refractivity contribution in [3.8, 4) is 0 Å². The van der Waals surface area contributed by atoms with Gasteiger partial charge in [-0.25, -0.2) is 0 Å². The van der Waals surface area contributed by atoms with E-state index in [1.165, 1.54) is 12.8 Å². The highest BCUT2D eigenvalue weighted by Crippen LogP contribution is 2.27. The number of carbonyl (C=O) groups is 1. The second-order valence-electron chi connectivity index (χ2n) is 6.04. The highest BCUT2D eigenvalue weighted by molar-refractivity contribution is 7.80. The first-order chi connectivity index (χ1) is 9.95. The van der Waals surface area contributed by atoms with Gasteiger partial charge in [-0.3, -0.25) is 9.69 Å². The van der Waals surface area contributed by atoms with Gasteiger partial charge in [0, 0.05) is 23.8 Å². The van der Waals surface area contributed by atoms with Gasteiger partial charge in [0.1, 0.15) is 4.99 Å². The van der Waals surface area contributed by atoms with Crippen LogP contribution >= 0.6 is 12.2 Å². The van der Waals surface area contributed by atoms with Gasteiger partial charge in [0.05, 0.1) is 6.54 Å². The average molecular weight is 305 g/mol. The minimum Gasteiger partial charge on any atom is -0.389 e. The van der Waals surface area contributed by atoms with Crippen LogP contribution in [0.25, 0.3) is 0 Å². The monoisotopic (exact) mass is 305 g/mol. The van der Waals surface area contributed by atoms with E-state index in [9.17, 15) is 4.79 Å². The van der Waals surface area contributed by atoms with Gasteiger partial charge < -0.3 is 11.1 Å². The van der Waals surface area contributed by atoms with Gasteiger partial charge in [-0.2, -0.15) is 0 Å². The summed E-state index contributed by atoms with van der Waals surface area (Å²) in [5, 5.41) is 2.93. The van der Waals surface area contributed by atoms with E-state index in [4.69, 9.17) is 18.0 Å². The third kappa shape index (κ3) is 5.10. The average Bonchev–Trinajstić information content (AvgIpc) is 3.22. The lowest BCUT2D eigenvalue weighted by molar-refractivity contribution is -0.117. The maximum absolute atomic E-state index is 12.2. The number of thiocarbonyl (C=S) groups is 1. The molecule has 1 aliphatic carbocycles. The number of nitrogens with two attached hydrogens (primary N) is 1. The summed E-state index contributed by atoms with van der Waals surface area (Å²) in [5.41, 5.74) is 7.14. The third-order valence-electron chi connectivity index (χ3n) is 3.46. The zero-order valence-electron chi connectivity index (χ0n) is 12.6. The van der Waals surface area contributed by atoms with E-state index in [2.05, 4.69) is 24.1 Å². The molecular weight excluding hydrogens is 282 g/mol. The maximum Gasteiger partial charge on any atom is 0.238 e. The molecule has 114 valence electrons. The molecule has 1 fully saturated rings. The highest BCUT2D eigenvalue weighted by atomic mass is 32.1.